The number of aromatic hydroxyl groups is 1. The van der Waals surface area contributed by atoms with Crippen molar-refractivity contribution in [1.82, 2.24) is 0 Å². The summed E-state index contributed by atoms with van der Waals surface area (Å²) in [6.45, 7) is 4.13. The van der Waals surface area contributed by atoms with Gasteiger partial charge in [0.25, 0.3) is 0 Å². The average Bonchev–Trinajstić information content (AvgIpc) is 3.03. The number of phenols is 1. The fraction of sp³-hybridized carbons (Fsp3) is 0.571. The first-order chi connectivity index (χ1) is 8.15. The first-order valence-corrected chi connectivity index (χ1v) is 6.23. The lowest BCUT2D eigenvalue weighted by Crippen LogP contribution is -2.03. The van der Waals surface area contributed by atoms with Gasteiger partial charge in [0.05, 0.1) is 18.8 Å². The van der Waals surface area contributed by atoms with Crippen LogP contribution in [0, 0.1) is 0 Å². The van der Waals surface area contributed by atoms with Crippen molar-refractivity contribution in [2.45, 2.75) is 51.4 Å². The van der Waals surface area contributed by atoms with Crippen molar-refractivity contribution in [2.75, 3.05) is 0 Å². The van der Waals surface area contributed by atoms with Crippen molar-refractivity contribution in [3.63, 3.8) is 0 Å². The summed E-state index contributed by atoms with van der Waals surface area (Å²) < 4.78 is 5.45. The van der Waals surface area contributed by atoms with Crippen LogP contribution in [0.5, 0.6) is 5.75 Å². The SMILES string of the molecule is CCC(CC1OC1C)c1ccc(O)c(CO)c1. The van der Waals surface area contributed by atoms with Crippen LogP contribution >= 0.6 is 0 Å². The first kappa shape index (κ1) is 12.4. The van der Waals surface area contributed by atoms with Gasteiger partial charge in [-0.3, -0.25) is 0 Å². The number of benzene rings is 1. The van der Waals surface area contributed by atoms with Gasteiger partial charge < -0.3 is 14.9 Å². The van der Waals surface area contributed by atoms with Crippen molar-refractivity contribution < 1.29 is 14.9 Å². The van der Waals surface area contributed by atoms with Crippen LogP contribution in [0.15, 0.2) is 18.2 Å². The van der Waals surface area contributed by atoms with Gasteiger partial charge in [0.15, 0.2) is 0 Å². The number of hydrogen-bond donors (Lipinski definition) is 2. The van der Waals surface area contributed by atoms with Crippen LogP contribution in [-0.4, -0.2) is 22.4 Å². The average molecular weight is 236 g/mol. The van der Waals surface area contributed by atoms with Crippen LogP contribution in [0.25, 0.3) is 0 Å². The molecule has 0 bridgehead atoms. The quantitative estimate of drug-likeness (QED) is 0.772. The number of hydrogen-bond acceptors (Lipinski definition) is 3. The van der Waals surface area contributed by atoms with E-state index in [-0.39, 0.29) is 12.4 Å². The van der Waals surface area contributed by atoms with E-state index in [2.05, 4.69) is 13.8 Å². The number of aliphatic hydroxyl groups excluding tert-OH is 1. The van der Waals surface area contributed by atoms with Gasteiger partial charge in [0.1, 0.15) is 5.75 Å². The summed E-state index contributed by atoms with van der Waals surface area (Å²) in [5.74, 6) is 0.609. The molecule has 1 aliphatic rings. The molecule has 94 valence electrons. The molecule has 0 radical (unpaired) electrons. The van der Waals surface area contributed by atoms with Gasteiger partial charge in [0.2, 0.25) is 0 Å². The number of rotatable bonds is 5. The molecule has 0 aliphatic carbocycles. The van der Waals surface area contributed by atoms with Gasteiger partial charge in [-0.05, 0) is 43.4 Å². The highest BCUT2D eigenvalue weighted by Gasteiger charge is 2.35. The third-order valence-corrected chi connectivity index (χ3v) is 3.59. The molecule has 3 heteroatoms. The normalized spacial score (nSPS) is 24.6. The van der Waals surface area contributed by atoms with Crippen molar-refractivity contribution in [3.8, 4) is 5.75 Å². The minimum Gasteiger partial charge on any atom is -0.508 e. The third-order valence-electron chi connectivity index (χ3n) is 3.59. The highest BCUT2D eigenvalue weighted by atomic mass is 16.6. The molecule has 0 aromatic heterocycles. The molecule has 1 saturated heterocycles. The van der Waals surface area contributed by atoms with Gasteiger partial charge >= 0.3 is 0 Å². The van der Waals surface area contributed by atoms with Crippen molar-refractivity contribution in [3.05, 3.63) is 29.3 Å². The molecule has 1 aromatic carbocycles. The molecule has 3 unspecified atom stereocenters. The largest absolute Gasteiger partial charge is 0.508 e. The Morgan fingerprint density at radius 3 is 2.65 bits per heavy atom. The molecule has 0 amide bonds. The van der Waals surface area contributed by atoms with E-state index in [4.69, 9.17) is 9.84 Å². The van der Waals surface area contributed by atoms with Gasteiger partial charge in [-0.2, -0.15) is 0 Å². The van der Waals surface area contributed by atoms with E-state index in [1.54, 1.807) is 6.07 Å². The number of epoxide rings is 1. The zero-order valence-electron chi connectivity index (χ0n) is 10.4. The molecule has 3 nitrogen and oxygen atoms in total. The topological polar surface area (TPSA) is 53.0 Å². The summed E-state index contributed by atoms with van der Waals surface area (Å²) >= 11 is 0. The first-order valence-electron chi connectivity index (χ1n) is 6.23. The molecule has 1 aliphatic heterocycles. The van der Waals surface area contributed by atoms with Crippen LogP contribution < -0.4 is 0 Å². The van der Waals surface area contributed by atoms with E-state index in [9.17, 15) is 5.11 Å². The highest BCUT2D eigenvalue weighted by molar-refractivity contribution is 5.37. The summed E-state index contributed by atoms with van der Waals surface area (Å²) in [6, 6.07) is 5.51. The molecule has 1 aromatic rings. The zero-order valence-corrected chi connectivity index (χ0v) is 10.4. The second-order valence-electron chi connectivity index (χ2n) is 4.77. The molecule has 2 rings (SSSR count). The second-order valence-corrected chi connectivity index (χ2v) is 4.77. The van der Waals surface area contributed by atoms with Crippen molar-refractivity contribution >= 4 is 0 Å². The van der Waals surface area contributed by atoms with Crippen LogP contribution in [-0.2, 0) is 11.3 Å². The Morgan fingerprint density at radius 2 is 2.12 bits per heavy atom. The molecule has 0 saturated carbocycles. The lowest BCUT2D eigenvalue weighted by Gasteiger charge is -2.15. The van der Waals surface area contributed by atoms with Gasteiger partial charge in [-0.15, -0.1) is 0 Å². The van der Waals surface area contributed by atoms with E-state index in [1.807, 2.05) is 12.1 Å². The highest BCUT2D eigenvalue weighted by Crippen LogP contribution is 2.35. The summed E-state index contributed by atoms with van der Waals surface area (Å²) in [6.07, 6.45) is 2.83. The van der Waals surface area contributed by atoms with Crippen LogP contribution in [0.3, 0.4) is 0 Å². The molecule has 1 fully saturated rings. The lowest BCUT2D eigenvalue weighted by atomic mass is 9.90. The summed E-state index contributed by atoms with van der Waals surface area (Å²) in [4.78, 5) is 0. The smallest absolute Gasteiger partial charge is 0.121 e. The minimum absolute atomic E-state index is 0.119. The Labute approximate surface area is 102 Å². The molecular weight excluding hydrogens is 216 g/mol. The summed E-state index contributed by atoms with van der Waals surface area (Å²) in [5, 5.41) is 18.7. The Kier molecular flexibility index (Phi) is 3.69. The fourth-order valence-corrected chi connectivity index (χ4v) is 2.28. The van der Waals surface area contributed by atoms with E-state index < -0.39 is 0 Å². The maximum absolute atomic E-state index is 9.54. The number of ether oxygens (including phenoxy) is 1. The molecule has 2 N–H and O–H groups in total. The standard InChI is InChI=1S/C14H20O3/c1-3-10(7-14-9(2)17-14)11-4-5-13(16)12(6-11)8-15/h4-6,9-10,14-16H,3,7-8H2,1-2H3. The van der Waals surface area contributed by atoms with Crippen LogP contribution in [0.2, 0.25) is 0 Å². The molecular formula is C14H20O3. The fourth-order valence-electron chi connectivity index (χ4n) is 2.28. The van der Waals surface area contributed by atoms with E-state index in [0.717, 1.165) is 12.8 Å². The predicted octanol–water partition coefficient (Wildman–Crippen LogP) is 2.56. The summed E-state index contributed by atoms with van der Waals surface area (Å²) in [5.41, 5.74) is 1.78. The van der Waals surface area contributed by atoms with Crippen molar-refractivity contribution in [2.24, 2.45) is 0 Å². The van der Waals surface area contributed by atoms with Crippen LogP contribution in [0.4, 0.5) is 0 Å². The number of aliphatic hydroxyl groups is 1. The van der Waals surface area contributed by atoms with Crippen LogP contribution in [0.1, 0.15) is 43.7 Å². The van der Waals surface area contributed by atoms with Gasteiger partial charge in [-0.25, -0.2) is 0 Å². The van der Waals surface area contributed by atoms with E-state index in [0.29, 0.717) is 23.7 Å². The lowest BCUT2D eigenvalue weighted by molar-refractivity contribution is 0.275. The minimum atomic E-state index is -0.119. The second kappa shape index (κ2) is 5.07. The molecule has 3 atom stereocenters. The molecule has 1 heterocycles. The zero-order chi connectivity index (χ0) is 12.4. The maximum atomic E-state index is 9.54. The van der Waals surface area contributed by atoms with E-state index in [1.165, 1.54) is 5.56 Å². The Morgan fingerprint density at radius 1 is 1.41 bits per heavy atom. The van der Waals surface area contributed by atoms with Crippen molar-refractivity contribution in [1.29, 1.82) is 0 Å². The van der Waals surface area contributed by atoms with E-state index >= 15 is 0 Å². The monoisotopic (exact) mass is 236 g/mol. The van der Waals surface area contributed by atoms with Gasteiger partial charge in [0, 0.05) is 5.56 Å². The Balaban J connectivity index is 2.12. The Hall–Kier alpha value is -1.06. The van der Waals surface area contributed by atoms with Gasteiger partial charge in [-0.1, -0.05) is 13.0 Å². The third kappa shape index (κ3) is 2.79. The predicted molar refractivity (Wildman–Crippen MR) is 66.0 cm³/mol. The molecule has 0 spiro atoms. The maximum Gasteiger partial charge on any atom is 0.121 e. The summed E-state index contributed by atoms with van der Waals surface area (Å²) in [7, 11) is 0. The molecule has 17 heavy (non-hydrogen) atoms. The Bertz CT molecular complexity index is 389.